The Labute approximate surface area is 154 Å². The Morgan fingerprint density at radius 2 is 2.07 bits per heavy atom. The average Bonchev–Trinajstić information content (AvgIpc) is 3.20. The van der Waals surface area contributed by atoms with Crippen LogP contribution in [0.3, 0.4) is 0 Å². The number of fused-ring (bicyclic) bond motifs is 3. The summed E-state index contributed by atoms with van der Waals surface area (Å²) in [7, 11) is 1.64. The van der Waals surface area contributed by atoms with Crippen LogP contribution in [0.5, 0.6) is 5.88 Å². The van der Waals surface area contributed by atoms with Gasteiger partial charge in [-0.3, -0.25) is 0 Å². The Balaban J connectivity index is 1.41. The molecule has 136 valence electrons. The molecule has 4 aromatic rings. The van der Waals surface area contributed by atoms with Crippen molar-refractivity contribution in [1.29, 1.82) is 0 Å². The minimum Gasteiger partial charge on any atom is -0.479 e. The number of imidazole rings is 1. The van der Waals surface area contributed by atoms with E-state index in [4.69, 9.17) is 9.47 Å². The number of hydrogen-bond acceptors (Lipinski definition) is 6. The summed E-state index contributed by atoms with van der Waals surface area (Å²) in [5.41, 5.74) is 3.84. The number of nitrogens with zero attached hydrogens (tertiary/aromatic N) is 5. The smallest absolute Gasteiger partial charge is 0.244 e. The Hall–Kier alpha value is -3.13. The summed E-state index contributed by atoms with van der Waals surface area (Å²) in [5.74, 6) is 2.31. The second kappa shape index (κ2) is 5.43. The van der Waals surface area contributed by atoms with Crippen molar-refractivity contribution in [1.82, 2.24) is 24.0 Å². The standard InChI is InChI=1S/C19H18N6O2/c1-26-18-17-12(11-2-3-15-20-5-7-24(15)8-11)4-6-25(17)23-19(22-18)21-16-13-9-27-10-14(13)16/h2-8,13-14,16H,9-10H2,1H3,(H,21,23). The molecule has 6 rings (SSSR count). The predicted octanol–water partition coefficient (Wildman–Crippen LogP) is 2.11. The third-order valence-corrected chi connectivity index (χ3v) is 5.62. The molecule has 27 heavy (non-hydrogen) atoms. The zero-order chi connectivity index (χ0) is 18.0. The van der Waals surface area contributed by atoms with E-state index < -0.39 is 0 Å². The first-order chi connectivity index (χ1) is 13.3. The molecule has 0 radical (unpaired) electrons. The zero-order valence-electron chi connectivity index (χ0n) is 14.7. The molecule has 1 saturated heterocycles. The number of methoxy groups -OCH3 is 1. The number of rotatable bonds is 4. The molecular formula is C19H18N6O2. The van der Waals surface area contributed by atoms with Crippen LogP contribution in [-0.2, 0) is 4.74 Å². The average molecular weight is 362 g/mol. The van der Waals surface area contributed by atoms with Gasteiger partial charge in [-0.25, -0.2) is 9.50 Å². The van der Waals surface area contributed by atoms with E-state index in [1.165, 1.54) is 0 Å². The molecule has 2 aliphatic rings. The summed E-state index contributed by atoms with van der Waals surface area (Å²) in [5, 5.41) is 8.08. The maximum absolute atomic E-state index is 5.60. The van der Waals surface area contributed by atoms with E-state index in [0.29, 0.717) is 29.7 Å². The molecule has 0 amide bonds. The fourth-order valence-corrected chi connectivity index (χ4v) is 4.11. The van der Waals surface area contributed by atoms with E-state index in [0.717, 1.165) is 35.5 Å². The van der Waals surface area contributed by atoms with Gasteiger partial charge < -0.3 is 19.2 Å². The van der Waals surface area contributed by atoms with Crippen LogP contribution < -0.4 is 10.1 Å². The van der Waals surface area contributed by atoms with Crippen molar-refractivity contribution >= 4 is 17.1 Å². The van der Waals surface area contributed by atoms with Gasteiger partial charge in [-0.1, -0.05) is 0 Å². The molecule has 5 heterocycles. The maximum Gasteiger partial charge on any atom is 0.244 e. The molecule has 0 spiro atoms. The second-order valence-corrected chi connectivity index (χ2v) is 7.11. The molecule has 1 aliphatic carbocycles. The van der Waals surface area contributed by atoms with Gasteiger partial charge in [0.1, 0.15) is 11.2 Å². The van der Waals surface area contributed by atoms with Crippen LogP contribution in [-0.4, -0.2) is 50.3 Å². The highest BCUT2D eigenvalue weighted by Gasteiger charge is 2.54. The fourth-order valence-electron chi connectivity index (χ4n) is 4.11. The van der Waals surface area contributed by atoms with Gasteiger partial charge >= 0.3 is 0 Å². The number of ether oxygens (including phenoxy) is 2. The monoisotopic (exact) mass is 362 g/mol. The van der Waals surface area contributed by atoms with E-state index in [2.05, 4.69) is 32.6 Å². The topological polar surface area (TPSA) is 78.0 Å². The normalized spacial score (nSPS) is 23.7. The predicted molar refractivity (Wildman–Crippen MR) is 98.9 cm³/mol. The number of pyridine rings is 1. The van der Waals surface area contributed by atoms with E-state index in [9.17, 15) is 0 Å². The number of hydrogen-bond donors (Lipinski definition) is 1. The van der Waals surface area contributed by atoms with Crippen molar-refractivity contribution in [3.63, 3.8) is 0 Å². The molecule has 1 saturated carbocycles. The highest BCUT2D eigenvalue weighted by molar-refractivity contribution is 5.84. The lowest BCUT2D eigenvalue weighted by Gasteiger charge is -2.11. The first-order valence-corrected chi connectivity index (χ1v) is 9.02. The number of aromatic nitrogens is 5. The first-order valence-electron chi connectivity index (χ1n) is 9.02. The van der Waals surface area contributed by atoms with Crippen LogP contribution in [0.1, 0.15) is 0 Å². The number of nitrogens with one attached hydrogen (secondary N) is 1. The summed E-state index contributed by atoms with van der Waals surface area (Å²) in [6, 6.07) is 6.48. The molecule has 1 aliphatic heterocycles. The van der Waals surface area contributed by atoms with Crippen molar-refractivity contribution in [2.24, 2.45) is 11.8 Å². The van der Waals surface area contributed by atoms with Gasteiger partial charge in [0, 0.05) is 53.8 Å². The van der Waals surface area contributed by atoms with Gasteiger partial charge in [-0.2, -0.15) is 4.98 Å². The molecule has 2 unspecified atom stereocenters. The maximum atomic E-state index is 5.60. The SMILES string of the molecule is COc1nc(NC2C3COCC32)nn2ccc(-c3ccc4nccn4c3)c12. The highest BCUT2D eigenvalue weighted by Crippen LogP contribution is 2.45. The van der Waals surface area contributed by atoms with Gasteiger partial charge in [0.15, 0.2) is 0 Å². The molecular weight excluding hydrogens is 344 g/mol. The van der Waals surface area contributed by atoms with Gasteiger partial charge in [0.05, 0.1) is 20.3 Å². The van der Waals surface area contributed by atoms with Crippen LogP contribution in [0.2, 0.25) is 0 Å². The lowest BCUT2D eigenvalue weighted by Crippen LogP contribution is -2.16. The molecule has 2 fully saturated rings. The van der Waals surface area contributed by atoms with Crippen molar-refractivity contribution < 1.29 is 9.47 Å². The van der Waals surface area contributed by atoms with Crippen LogP contribution in [0, 0.1) is 11.8 Å². The summed E-state index contributed by atoms with van der Waals surface area (Å²) in [6.45, 7) is 1.65. The van der Waals surface area contributed by atoms with Gasteiger partial charge in [-0.15, -0.1) is 5.10 Å². The minimum atomic E-state index is 0.402. The van der Waals surface area contributed by atoms with Crippen molar-refractivity contribution in [3.05, 3.63) is 43.0 Å². The highest BCUT2D eigenvalue weighted by atomic mass is 16.5. The van der Waals surface area contributed by atoms with Crippen molar-refractivity contribution in [2.45, 2.75) is 6.04 Å². The quantitative estimate of drug-likeness (QED) is 0.599. The van der Waals surface area contributed by atoms with Gasteiger partial charge in [0.25, 0.3) is 0 Å². The largest absolute Gasteiger partial charge is 0.479 e. The van der Waals surface area contributed by atoms with E-state index in [-0.39, 0.29) is 0 Å². The molecule has 4 aromatic heterocycles. The summed E-state index contributed by atoms with van der Waals surface area (Å²) < 4.78 is 14.9. The zero-order valence-corrected chi connectivity index (χ0v) is 14.7. The Bertz CT molecular complexity index is 1160. The third kappa shape index (κ3) is 2.23. The summed E-state index contributed by atoms with van der Waals surface area (Å²) >= 11 is 0. The Kier molecular flexibility index (Phi) is 3.01. The summed E-state index contributed by atoms with van der Waals surface area (Å²) in [6.07, 6.45) is 7.71. The van der Waals surface area contributed by atoms with Crippen LogP contribution in [0.25, 0.3) is 22.3 Å². The van der Waals surface area contributed by atoms with Crippen molar-refractivity contribution in [2.75, 3.05) is 25.6 Å². The molecule has 0 bridgehead atoms. The lowest BCUT2D eigenvalue weighted by atomic mass is 10.1. The van der Waals surface area contributed by atoms with E-state index in [1.54, 1.807) is 13.3 Å². The van der Waals surface area contributed by atoms with Crippen LogP contribution in [0.4, 0.5) is 5.95 Å². The first kappa shape index (κ1) is 15.0. The fraction of sp³-hybridized carbons (Fsp3) is 0.316. The molecule has 0 aromatic carbocycles. The second-order valence-electron chi connectivity index (χ2n) is 7.11. The number of anilines is 1. The molecule has 8 heteroatoms. The summed E-state index contributed by atoms with van der Waals surface area (Å²) in [4.78, 5) is 8.91. The lowest BCUT2D eigenvalue weighted by molar-refractivity contribution is 0.162. The van der Waals surface area contributed by atoms with E-state index in [1.807, 2.05) is 33.4 Å². The molecule has 8 nitrogen and oxygen atoms in total. The van der Waals surface area contributed by atoms with Gasteiger partial charge in [-0.05, 0) is 18.2 Å². The third-order valence-electron chi connectivity index (χ3n) is 5.62. The van der Waals surface area contributed by atoms with Crippen LogP contribution >= 0.6 is 0 Å². The Morgan fingerprint density at radius 3 is 2.93 bits per heavy atom. The van der Waals surface area contributed by atoms with E-state index >= 15 is 0 Å². The van der Waals surface area contributed by atoms with Crippen molar-refractivity contribution in [3.8, 4) is 17.0 Å². The van der Waals surface area contributed by atoms with Gasteiger partial charge in [0.2, 0.25) is 11.8 Å². The Morgan fingerprint density at radius 1 is 1.19 bits per heavy atom. The molecule has 2 atom stereocenters. The van der Waals surface area contributed by atoms with Crippen LogP contribution in [0.15, 0.2) is 43.0 Å². The minimum absolute atomic E-state index is 0.402. The molecule has 1 N–H and O–H groups in total.